The van der Waals surface area contributed by atoms with Crippen molar-refractivity contribution in [2.75, 3.05) is 5.73 Å². The molecule has 14 nitrogen and oxygen atoms in total. The van der Waals surface area contributed by atoms with Gasteiger partial charge in [-0.25, -0.2) is 10.1 Å². The number of nitrogens with zero attached hydrogens (tertiary/aromatic N) is 7. The first-order valence-electron chi connectivity index (χ1n) is 9.28. The van der Waals surface area contributed by atoms with Crippen LogP contribution in [-0.4, -0.2) is 42.4 Å². The standard InChI is InChI=1S/C19H15N9O5/c1-11(9-14-3-2-8-32-14)10-21-23-19(29)15-16(12-4-6-13(7-5-12)28(30)31)27(26-22-15)18-17(20)24-33-25-18/h2-10H,1H3,(H2,20,24)(H,23,29)/b11-9+,21-10-. The number of anilines is 1. The van der Waals surface area contributed by atoms with Crippen LogP contribution in [0.5, 0.6) is 0 Å². The van der Waals surface area contributed by atoms with Crippen molar-refractivity contribution in [1.82, 2.24) is 30.7 Å². The zero-order valence-electron chi connectivity index (χ0n) is 16.9. The molecule has 33 heavy (non-hydrogen) atoms. The quantitative estimate of drug-likeness (QED) is 0.240. The normalized spacial score (nSPS) is 11.7. The molecule has 3 N–H and O–H groups in total. The third-order valence-electron chi connectivity index (χ3n) is 4.28. The van der Waals surface area contributed by atoms with Crippen molar-refractivity contribution in [1.29, 1.82) is 0 Å². The van der Waals surface area contributed by atoms with Crippen molar-refractivity contribution < 1.29 is 18.8 Å². The average molecular weight is 449 g/mol. The predicted molar refractivity (Wildman–Crippen MR) is 114 cm³/mol. The van der Waals surface area contributed by atoms with Crippen LogP contribution in [0.3, 0.4) is 0 Å². The van der Waals surface area contributed by atoms with Crippen LogP contribution in [-0.2, 0) is 0 Å². The highest BCUT2D eigenvalue weighted by molar-refractivity contribution is 5.99. The molecule has 3 aromatic heterocycles. The Kier molecular flexibility index (Phi) is 5.71. The summed E-state index contributed by atoms with van der Waals surface area (Å²) in [6.45, 7) is 1.77. The highest BCUT2D eigenvalue weighted by Gasteiger charge is 2.25. The van der Waals surface area contributed by atoms with Gasteiger partial charge in [0.25, 0.3) is 11.6 Å². The average Bonchev–Trinajstić information content (AvgIpc) is 3.54. The number of hydrazone groups is 1. The summed E-state index contributed by atoms with van der Waals surface area (Å²) < 4.78 is 11.0. The number of allylic oxidation sites excluding steroid dienone is 1. The van der Waals surface area contributed by atoms with Crippen LogP contribution in [0, 0.1) is 10.1 Å². The Morgan fingerprint density at radius 1 is 1.27 bits per heavy atom. The predicted octanol–water partition coefficient (Wildman–Crippen LogP) is 2.22. The second-order valence-corrected chi connectivity index (χ2v) is 6.58. The van der Waals surface area contributed by atoms with Crippen LogP contribution in [0.2, 0.25) is 0 Å². The second-order valence-electron chi connectivity index (χ2n) is 6.58. The molecule has 0 atom stereocenters. The van der Waals surface area contributed by atoms with E-state index in [1.165, 1.54) is 36.7 Å². The number of nitro groups is 1. The molecule has 0 aliphatic carbocycles. The molecular weight excluding hydrogens is 434 g/mol. The van der Waals surface area contributed by atoms with Gasteiger partial charge in [-0.3, -0.25) is 14.9 Å². The number of nitrogens with two attached hydrogens (primary N) is 1. The molecule has 4 rings (SSSR count). The van der Waals surface area contributed by atoms with Gasteiger partial charge >= 0.3 is 0 Å². The topological polar surface area (TPSA) is 193 Å². The number of rotatable bonds is 7. The minimum absolute atomic E-state index is 0.00405. The van der Waals surface area contributed by atoms with Crippen LogP contribution in [0.15, 0.2) is 62.4 Å². The maximum atomic E-state index is 12.8. The van der Waals surface area contributed by atoms with Gasteiger partial charge in [0.15, 0.2) is 5.69 Å². The lowest BCUT2D eigenvalue weighted by Crippen LogP contribution is -2.19. The van der Waals surface area contributed by atoms with E-state index in [-0.39, 0.29) is 28.7 Å². The minimum atomic E-state index is -0.688. The number of amides is 1. The monoisotopic (exact) mass is 449 g/mol. The largest absolute Gasteiger partial charge is 0.465 e. The number of nitrogen functional groups attached to an aromatic ring is 1. The first-order valence-corrected chi connectivity index (χ1v) is 9.28. The highest BCUT2D eigenvalue weighted by atomic mass is 16.6. The lowest BCUT2D eigenvalue weighted by atomic mass is 10.1. The van der Waals surface area contributed by atoms with E-state index >= 15 is 0 Å². The SMILES string of the molecule is CC(/C=N\NC(=O)c1nnn(-c2nonc2N)c1-c1ccc([N+](=O)[O-])cc1)=C\c1ccco1. The molecule has 0 unspecified atom stereocenters. The second kappa shape index (κ2) is 8.93. The molecule has 0 spiro atoms. The molecule has 4 aromatic rings. The van der Waals surface area contributed by atoms with Crippen molar-refractivity contribution in [3.8, 4) is 17.1 Å². The van der Waals surface area contributed by atoms with Crippen LogP contribution in [0.25, 0.3) is 23.2 Å². The summed E-state index contributed by atoms with van der Waals surface area (Å²) in [6, 6.07) is 8.95. The number of non-ortho nitro benzene ring substituents is 1. The van der Waals surface area contributed by atoms with E-state index in [0.29, 0.717) is 16.9 Å². The first-order chi connectivity index (χ1) is 15.9. The van der Waals surface area contributed by atoms with Gasteiger partial charge in [-0.05, 0) is 53.2 Å². The molecule has 1 amide bonds. The molecular formula is C19H15N9O5. The summed E-state index contributed by atoms with van der Waals surface area (Å²) in [5.41, 5.74) is 9.12. The van der Waals surface area contributed by atoms with Gasteiger partial charge in [0, 0.05) is 17.7 Å². The van der Waals surface area contributed by atoms with Crippen LogP contribution < -0.4 is 11.2 Å². The van der Waals surface area contributed by atoms with E-state index in [1.807, 2.05) is 0 Å². The summed E-state index contributed by atoms with van der Waals surface area (Å²) in [5.74, 6) is -0.151. The lowest BCUT2D eigenvalue weighted by molar-refractivity contribution is -0.384. The van der Waals surface area contributed by atoms with E-state index in [2.05, 4.69) is 35.8 Å². The van der Waals surface area contributed by atoms with Crippen molar-refractivity contribution >= 4 is 29.7 Å². The lowest BCUT2D eigenvalue weighted by Gasteiger charge is -2.05. The maximum absolute atomic E-state index is 12.8. The number of nitro benzene ring substituents is 1. The first kappa shape index (κ1) is 21.1. The number of carbonyl (C=O) groups excluding carboxylic acids is 1. The minimum Gasteiger partial charge on any atom is -0.465 e. The van der Waals surface area contributed by atoms with Crippen LogP contribution >= 0.6 is 0 Å². The number of hydrogen-bond donors (Lipinski definition) is 2. The zero-order chi connectivity index (χ0) is 23.4. The number of furan rings is 1. The summed E-state index contributed by atoms with van der Waals surface area (Å²) in [7, 11) is 0. The Morgan fingerprint density at radius 3 is 2.70 bits per heavy atom. The molecule has 0 radical (unpaired) electrons. The summed E-state index contributed by atoms with van der Waals surface area (Å²) >= 11 is 0. The van der Waals surface area contributed by atoms with Gasteiger partial charge in [-0.2, -0.15) is 9.78 Å². The van der Waals surface area contributed by atoms with Gasteiger partial charge in [0.2, 0.25) is 11.6 Å². The van der Waals surface area contributed by atoms with Crippen LogP contribution in [0.1, 0.15) is 23.2 Å². The Bertz CT molecular complexity index is 1350. The fourth-order valence-corrected chi connectivity index (χ4v) is 2.80. The van der Waals surface area contributed by atoms with Gasteiger partial charge in [-0.15, -0.1) is 5.10 Å². The molecule has 0 saturated carbocycles. The number of aromatic nitrogens is 5. The number of benzene rings is 1. The third kappa shape index (κ3) is 4.48. The van der Waals surface area contributed by atoms with Gasteiger partial charge < -0.3 is 10.2 Å². The maximum Gasteiger partial charge on any atom is 0.294 e. The number of nitrogens with one attached hydrogen (secondary N) is 1. The van der Waals surface area contributed by atoms with E-state index in [4.69, 9.17) is 10.2 Å². The Labute approximate surface area is 184 Å². The van der Waals surface area contributed by atoms with E-state index in [9.17, 15) is 14.9 Å². The third-order valence-corrected chi connectivity index (χ3v) is 4.28. The zero-order valence-corrected chi connectivity index (χ0v) is 16.9. The smallest absolute Gasteiger partial charge is 0.294 e. The van der Waals surface area contributed by atoms with E-state index in [0.717, 1.165) is 4.68 Å². The fourth-order valence-electron chi connectivity index (χ4n) is 2.80. The van der Waals surface area contributed by atoms with Crippen molar-refractivity contribution in [3.05, 3.63) is 69.8 Å². The summed E-state index contributed by atoms with van der Waals surface area (Å²) in [5, 5.41) is 29.9. The molecule has 0 aliphatic heterocycles. The number of hydrogen-bond acceptors (Lipinski definition) is 11. The molecule has 14 heteroatoms. The fraction of sp³-hybridized carbons (Fsp3) is 0.0526. The molecule has 166 valence electrons. The van der Waals surface area contributed by atoms with Crippen molar-refractivity contribution in [3.63, 3.8) is 0 Å². The van der Waals surface area contributed by atoms with E-state index in [1.54, 1.807) is 25.1 Å². The summed E-state index contributed by atoms with van der Waals surface area (Å²) in [4.78, 5) is 23.2. The van der Waals surface area contributed by atoms with Crippen molar-refractivity contribution in [2.45, 2.75) is 6.92 Å². The molecule has 0 fully saturated rings. The Morgan fingerprint density at radius 2 is 2.06 bits per heavy atom. The Hall–Kier alpha value is -5.14. The van der Waals surface area contributed by atoms with Gasteiger partial charge in [0.1, 0.15) is 11.5 Å². The molecule has 3 heterocycles. The van der Waals surface area contributed by atoms with E-state index < -0.39 is 10.8 Å². The van der Waals surface area contributed by atoms with Crippen LogP contribution in [0.4, 0.5) is 11.5 Å². The highest BCUT2D eigenvalue weighted by Crippen LogP contribution is 2.28. The van der Waals surface area contributed by atoms with Gasteiger partial charge in [0.05, 0.1) is 17.4 Å². The molecule has 0 bridgehead atoms. The Balaban J connectivity index is 1.65. The molecule has 1 aromatic carbocycles. The molecule has 0 aliphatic rings. The summed E-state index contributed by atoms with van der Waals surface area (Å²) in [6.07, 6.45) is 4.70. The molecule has 0 saturated heterocycles. The number of carbonyl (C=O) groups is 1. The van der Waals surface area contributed by atoms with Crippen molar-refractivity contribution in [2.24, 2.45) is 5.10 Å². The van der Waals surface area contributed by atoms with Gasteiger partial charge in [-0.1, -0.05) is 5.21 Å².